The SMILES string of the molecule is Cc1cc(Br)cc(C)c1NS(=O)(=O)c1sc(N)nc1C. The lowest BCUT2D eigenvalue weighted by Crippen LogP contribution is -2.14. The molecule has 1 aromatic carbocycles. The van der Waals surface area contributed by atoms with Crippen LogP contribution in [-0.2, 0) is 10.0 Å². The normalized spacial score (nSPS) is 11.6. The standard InChI is InChI=1S/C12H14BrN3O2S2/c1-6-4-9(13)5-7(2)10(6)16-20(17,18)11-8(3)15-12(14)19-11/h4-5,16H,1-3H3,(H2,14,15). The molecular formula is C12H14BrN3O2S2. The molecule has 0 saturated heterocycles. The lowest BCUT2D eigenvalue weighted by molar-refractivity contribution is 0.602. The third-order valence-corrected chi connectivity index (χ3v) is 6.15. The van der Waals surface area contributed by atoms with Gasteiger partial charge >= 0.3 is 0 Å². The molecule has 2 rings (SSSR count). The topological polar surface area (TPSA) is 85.1 Å². The van der Waals surface area contributed by atoms with E-state index in [1.54, 1.807) is 6.92 Å². The van der Waals surface area contributed by atoms with Gasteiger partial charge in [0.1, 0.15) is 0 Å². The van der Waals surface area contributed by atoms with E-state index in [1.165, 1.54) is 0 Å². The second-order valence-corrected chi connectivity index (χ2v) is 8.27. The molecule has 108 valence electrons. The Labute approximate surface area is 130 Å². The summed E-state index contributed by atoms with van der Waals surface area (Å²) in [6.07, 6.45) is 0. The first-order valence-electron chi connectivity index (χ1n) is 5.73. The number of nitrogens with two attached hydrogens (primary N) is 1. The van der Waals surface area contributed by atoms with E-state index in [-0.39, 0.29) is 9.34 Å². The molecule has 1 aromatic heterocycles. The number of aromatic nitrogens is 1. The number of sulfonamides is 1. The predicted octanol–water partition coefficient (Wildman–Crippen LogP) is 3.21. The maximum atomic E-state index is 12.4. The van der Waals surface area contributed by atoms with Crippen LogP contribution in [0.2, 0.25) is 0 Å². The third-order valence-electron chi connectivity index (χ3n) is 2.75. The highest BCUT2D eigenvalue weighted by atomic mass is 79.9. The molecule has 0 aliphatic heterocycles. The van der Waals surface area contributed by atoms with Gasteiger partial charge in [-0.3, -0.25) is 4.72 Å². The van der Waals surface area contributed by atoms with Crippen molar-refractivity contribution in [2.45, 2.75) is 25.0 Å². The molecule has 5 nitrogen and oxygen atoms in total. The minimum atomic E-state index is -3.67. The Bertz CT molecular complexity index is 746. The summed E-state index contributed by atoms with van der Waals surface area (Å²) >= 11 is 4.35. The maximum absolute atomic E-state index is 12.4. The Morgan fingerprint density at radius 2 is 1.80 bits per heavy atom. The zero-order chi connectivity index (χ0) is 15.1. The van der Waals surface area contributed by atoms with Gasteiger partial charge in [-0.2, -0.15) is 0 Å². The van der Waals surface area contributed by atoms with Gasteiger partial charge in [0, 0.05) is 4.47 Å². The van der Waals surface area contributed by atoms with Crippen molar-refractivity contribution in [2.75, 3.05) is 10.5 Å². The minimum Gasteiger partial charge on any atom is -0.375 e. The van der Waals surface area contributed by atoms with Crippen LogP contribution in [0.5, 0.6) is 0 Å². The number of hydrogen-bond donors (Lipinski definition) is 2. The summed E-state index contributed by atoms with van der Waals surface area (Å²) < 4.78 is 28.5. The first-order chi connectivity index (χ1) is 9.20. The zero-order valence-electron chi connectivity index (χ0n) is 11.2. The number of halogens is 1. The van der Waals surface area contributed by atoms with Crippen molar-refractivity contribution >= 4 is 48.1 Å². The van der Waals surface area contributed by atoms with Gasteiger partial charge in [0.05, 0.1) is 11.4 Å². The van der Waals surface area contributed by atoms with Crippen molar-refractivity contribution in [3.05, 3.63) is 33.4 Å². The molecule has 0 aliphatic rings. The maximum Gasteiger partial charge on any atom is 0.273 e. The molecule has 8 heteroatoms. The second kappa shape index (κ2) is 5.34. The molecular weight excluding hydrogens is 362 g/mol. The quantitative estimate of drug-likeness (QED) is 0.862. The molecule has 0 bridgehead atoms. The second-order valence-electron chi connectivity index (χ2n) is 4.45. The molecule has 1 heterocycles. The van der Waals surface area contributed by atoms with Gasteiger partial charge in [-0.05, 0) is 44.0 Å². The van der Waals surface area contributed by atoms with Crippen LogP contribution >= 0.6 is 27.3 Å². The average Bonchev–Trinajstić information content (AvgIpc) is 2.64. The lowest BCUT2D eigenvalue weighted by atomic mass is 10.1. The Hall–Kier alpha value is -1.12. The van der Waals surface area contributed by atoms with Crippen LogP contribution in [0.25, 0.3) is 0 Å². The Morgan fingerprint density at radius 3 is 2.25 bits per heavy atom. The summed E-state index contributed by atoms with van der Waals surface area (Å²) in [5.74, 6) is 0. The zero-order valence-corrected chi connectivity index (χ0v) is 14.4. The van der Waals surface area contributed by atoms with Crippen LogP contribution in [0.4, 0.5) is 10.8 Å². The van der Waals surface area contributed by atoms with Crippen molar-refractivity contribution in [3.63, 3.8) is 0 Å². The third kappa shape index (κ3) is 2.97. The van der Waals surface area contributed by atoms with E-state index in [4.69, 9.17) is 5.73 Å². The van der Waals surface area contributed by atoms with Crippen molar-refractivity contribution in [3.8, 4) is 0 Å². The molecule has 0 unspecified atom stereocenters. The van der Waals surface area contributed by atoms with E-state index in [1.807, 2.05) is 26.0 Å². The van der Waals surface area contributed by atoms with E-state index in [0.717, 1.165) is 26.9 Å². The van der Waals surface area contributed by atoms with Crippen LogP contribution in [-0.4, -0.2) is 13.4 Å². The monoisotopic (exact) mass is 375 g/mol. The van der Waals surface area contributed by atoms with Crippen LogP contribution in [0.15, 0.2) is 20.8 Å². The highest BCUT2D eigenvalue weighted by Crippen LogP contribution is 2.30. The fourth-order valence-corrected chi connectivity index (χ4v) is 5.09. The number of aryl methyl sites for hydroxylation is 3. The van der Waals surface area contributed by atoms with E-state index < -0.39 is 10.0 Å². The largest absolute Gasteiger partial charge is 0.375 e. The summed E-state index contributed by atoms with van der Waals surface area (Å²) in [6, 6.07) is 3.72. The van der Waals surface area contributed by atoms with Crippen molar-refractivity contribution in [2.24, 2.45) is 0 Å². The van der Waals surface area contributed by atoms with Gasteiger partial charge < -0.3 is 5.73 Å². The number of hydrogen-bond acceptors (Lipinski definition) is 5. The van der Waals surface area contributed by atoms with E-state index in [9.17, 15) is 8.42 Å². The minimum absolute atomic E-state index is 0.150. The lowest BCUT2D eigenvalue weighted by Gasteiger charge is -2.13. The number of rotatable bonds is 3. The first kappa shape index (κ1) is 15.3. The average molecular weight is 376 g/mol. The summed E-state index contributed by atoms with van der Waals surface area (Å²) in [5.41, 5.74) is 8.24. The number of anilines is 2. The Balaban J connectivity index is 2.46. The van der Waals surface area contributed by atoms with E-state index in [2.05, 4.69) is 25.6 Å². The summed E-state index contributed by atoms with van der Waals surface area (Å²) in [7, 11) is -3.67. The molecule has 0 spiro atoms. The molecule has 0 amide bonds. The molecule has 20 heavy (non-hydrogen) atoms. The van der Waals surface area contributed by atoms with Crippen molar-refractivity contribution < 1.29 is 8.42 Å². The van der Waals surface area contributed by atoms with Crippen LogP contribution < -0.4 is 10.5 Å². The smallest absolute Gasteiger partial charge is 0.273 e. The van der Waals surface area contributed by atoms with Gasteiger partial charge in [-0.25, -0.2) is 13.4 Å². The van der Waals surface area contributed by atoms with Crippen LogP contribution in [0.3, 0.4) is 0 Å². The van der Waals surface area contributed by atoms with Gasteiger partial charge in [0.15, 0.2) is 9.34 Å². The molecule has 0 saturated carbocycles. The van der Waals surface area contributed by atoms with Gasteiger partial charge in [0.2, 0.25) is 0 Å². The first-order valence-corrected chi connectivity index (χ1v) is 8.82. The Kier molecular flexibility index (Phi) is 4.08. The summed E-state index contributed by atoms with van der Waals surface area (Å²) in [5, 5.41) is 0.243. The predicted molar refractivity (Wildman–Crippen MR) is 85.7 cm³/mol. The number of nitrogens with zero attached hydrogens (tertiary/aromatic N) is 1. The van der Waals surface area contributed by atoms with Gasteiger partial charge in [0.25, 0.3) is 10.0 Å². The fourth-order valence-electron chi connectivity index (χ4n) is 1.90. The van der Waals surface area contributed by atoms with Gasteiger partial charge in [-0.15, -0.1) is 0 Å². The van der Waals surface area contributed by atoms with Crippen LogP contribution in [0, 0.1) is 20.8 Å². The number of nitrogens with one attached hydrogen (secondary N) is 1. The summed E-state index contributed by atoms with van der Waals surface area (Å²) in [4.78, 5) is 3.95. The number of thiazole rings is 1. The Morgan fingerprint density at radius 1 is 1.25 bits per heavy atom. The molecule has 2 aromatic rings. The van der Waals surface area contributed by atoms with E-state index >= 15 is 0 Å². The van der Waals surface area contributed by atoms with Crippen LogP contribution in [0.1, 0.15) is 16.8 Å². The molecule has 0 fully saturated rings. The number of benzene rings is 1. The van der Waals surface area contributed by atoms with Crippen molar-refractivity contribution in [1.29, 1.82) is 0 Å². The van der Waals surface area contributed by atoms with Crippen molar-refractivity contribution in [1.82, 2.24) is 4.98 Å². The molecule has 0 radical (unpaired) electrons. The highest BCUT2D eigenvalue weighted by Gasteiger charge is 2.22. The highest BCUT2D eigenvalue weighted by molar-refractivity contribution is 9.10. The fraction of sp³-hybridized carbons (Fsp3) is 0.250. The van der Waals surface area contributed by atoms with Gasteiger partial charge in [-0.1, -0.05) is 27.3 Å². The number of nitrogen functional groups attached to an aromatic ring is 1. The summed E-state index contributed by atoms with van der Waals surface area (Å²) in [6.45, 7) is 5.33. The molecule has 0 atom stereocenters. The molecule has 3 N–H and O–H groups in total. The molecule has 0 aliphatic carbocycles. The van der Waals surface area contributed by atoms with E-state index in [0.29, 0.717) is 11.4 Å².